The third kappa shape index (κ3) is 1.96. The van der Waals surface area contributed by atoms with Gasteiger partial charge in [0.15, 0.2) is 0 Å². The number of nitrogens with two attached hydrogens (primary N) is 1. The van der Waals surface area contributed by atoms with Gasteiger partial charge in [-0.2, -0.15) is 5.10 Å². The number of rotatable bonds is 2. The van der Waals surface area contributed by atoms with E-state index in [2.05, 4.69) is 23.2 Å². The van der Waals surface area contributed by atoms with Crippen LogP contribution in [0.15, 0.2) is 12.1 Å². The normalized spacial score (nSPS) is 20.1. The third-order valence-electron chi connectivity index (χ3n) is 3.72. The van der Waals surface area contributed by atoms with Crippen LogP contribution in [0.25, 0.3) is 0 Å². The lowest BCUT2D eigenvalue weighted by atomic mass is 9.70. The van der Waals surface area contributed by atoms with Gasteiger partial charge in [-0.15, -0.1) is 5.10 Å². The summed E-state index contributed by atoms with van der Waals surface area (Å²) in [7, 11) is 0. The SMILES string of the molecule is CCC1(c2ccc(N)nn2)CCCCC1. The van der Waals surface area contributed by atoms with Crippen LogP contribution < -0.4 is 5.73 Å². The maximum atomic E-state index is 5.57. The number of nitrogen functional groups attached to an aromatic ring is 1. The number of aromatic nitrogens is 2. The molecule has 0 radical (unpaired) electrons. The third-order valence-corrected chi connectivity index (χ3v) is 3.72. The smallest absolute Gasteiger partial charge is 0.146 e. The fraction of sp³-hybridized carbons (Fsp3) is 0.667. The van der Waals surface area contributed by atoms with Crippen molar-refractivity contribution >= 4 is 5.82 Å². The first kappa shape index (κ1) is 10.4. The lowest BCUT2D eigenvalue weighted by Gasteiger charge is -2.35. The summed E-state index contributed by atoms with van der Waals surface area (Å²) in [5.41, 5.74) is 6.98. The molecular formula is C12H19N3. The van der Waals surface area contributed by atoms with Crippen LogP contribution in [-0.2, 0) is 5.41 Å². The highest BCUT2D eigenvalue weighted by Crippen LogP contribution is 2.40. The fourth-order valence-electron chi connectivity index (χ4n) is 2.64. The number of hydrogen-bond donors (Lipinski definition) is 1. The van der Waals surface area contributed by atoms with Gasteiger partial charge in [-0.3, -0.25) is 0 Å². The van der Waals surface area contributed by atoms with E-state index >= 15 is 0 Å². The van der Waals surface area contributed by atoms with E-state index in [4.69, 9.17) is 5.73 Å². The molecule has 0 bridgehead atoms. The number of anilines is 1. The maximum Gasteiger partial charge on any atom is 0.146 e. The van der Waals surface area contributed by atoms with E-state index in [1.807, 2.05) is 6.07 Å². The molecule has 0 aromatic carbocycles. The van der Waals surface area contributed by atoms with Gasteiger partial charge in [0.25, 0.3) is 0 Å². The first-order valence-corrected chi connectivity index (χ1v) is 5.86. The Balaban J connectivity index is 2.28. The van der Waals surface area contributed by atoms with Gasteiger partial charge in [-0.1, -0.05) is 26.2 Å². The Morgan fingerprint density at radius 2 is 1.93 bits per heavy atom. The molecule has 1 aliphatic rings. The van der Waals surface area contributed by atoms with Gasteiger partial charge in [0.1, 0.15) is 5.82 Å². The van der Waals surface area contributed by atoms with Gasteiger partial charge < -0.3 is 5.73 Å². The monoisotopic (exact) mass is 205 g/mol. The number of hydrogen-bond acceptors (Lipinski definition) is 3. The molecule has 0 saturated heterocycles. The van der Waals surface area contributed by atoms with Gasteiger partial charge in [0.2, 0.25) is 0 Å². The van der Waals surface area contributed by atoms with Crippen molar-refractivity contribution in [3.63, 3.8) is 0 Å². The van der Waals surface area contributed by atoms with Gasteiger partial charge in [-0.25, -0.2) is 0 Å². The molecule has 1 heterocycles. The van der Waals surface area contributed by atoms with Crippen molar-refractivity contribution in [3.05, 3.63) is 17.8 Å². The molecule has 1 fully saturated rings. The van der Waals surface area contributed by atoms with Gasteiger partial charge >= 0.3 is 0 Å². The second-order valence-electron chi connectivity index (χ2n) is 4.54. The molecule has 0 aliphatic heterocycles. The topological polar surface area (TPSA) is 51.8 Å². The molecule has 1 aromatic heterocycles. The fourth-order valence-corrected chi connectivity index (χ4v) is 2.64. The summed E-state index contributed by atoms with van der Waals surface area (Å²) in [6.07, 6.45) is 7.67. The van der Waals surface area contributed by atoms with Crippen LogP contribution in [0.4, 0.5) is 5.82 Å². The average molecular weight is 205 g/mol. The maximum absolute atomic E-state index is 5.57. The standard InChI is InChI=1S/C12H19N3/c1-2-12(8-4-3-5-9-12)10-6-7-11(13)15-14-10/h6-7H,2-5,8-9H2,1H3,(H2,13,15). The van der Waals surface area contributed by atoms with Crippen molar-refractivity contribution in [3.8, 4) is 0 Å². The lowest BCUT2D eigenvalue weighted by Crippen LogP contribution is -2.29. The average Bonchev–Trinajstić information content (AvgIpc) is 2.31. The highest BCUT2D eigenvalue weighted by molar-refractivity contribution is 5.28. The van der Waals surface area contributed by atoms with Crippen molar-refractivity contribution < 1.29 is 0 Å². The van der Waals surface area contributed by atoms with Crippen LogP contribution in [0.1, 0.15) is 51.1 Å². The van der Waals surface area contributed by atoms with Crippen LogP contribution in [0, 0.1) is 0 Å². The molecule has 15 heavy (non-hydrogen) atoms. The molecule has 0 amide bonds. The van der Waals surface area contributed by atoms with Crippen LogP contribution in [0.3, 0.4) is 0 Å². The molecule has 3 nitrogen and oxygen atoms in total. The minimum absolute atomic E-state index is 0.277. The van der Waals surface area contributed by atoms with Gasteiger partial charge in [0.05, 0.1) is 5.69 Å². The number of nitrogens with zero attached hydrogens (tertiary/aromatic N) is 2. The second kappa shape index (κ2) is 4.17. The summed E-state index contributed by atoms with van der Waals surface area (Å²) in [6, 6.07) is 3.92. The van der Waals surface area contributed by atoms with E-state index in [9.17, 15) is 0 Å². The first-order valence-electron chi connectivity index (χ1n) is 5.86. The van der Waals surface area contributed by atoms with Gasteiger partial charge in [-0.05, 0) is 31.4 Å². The minimum atomic E-state index is 0.277. The minimum Gasteiger partial charge on any atom is -0.382 e. The summed E-state index contributed by atoms with van der Waals surface area (Å²) in [6.45, 7) is 2.25. The summed E-state index contributed by atoms with van der Waals surface area (Å²) >= 11 is 0. The van der Waals surface area contributed by atoms with Gasteiger partial charge in [0, 0.05) is 5.41 Å². The summed E-state index contributed by atoms with van der Waals surface area (Å²) in [5, 5.41) is 8.25. The molecule has 1 aliphatic carbocycles. The van der Waals surface area contributed by atoms with Crippen molar-refractivity contribution in [1.29, 1.82) is 0 Å². The molecule has 0 spiro atoms. The van der Waals surface area contributed by atoms with Crippen molar-refractivity contribution in [2.75, 3.05) is 5.73 Å². The zero-order valence-corrected chi connectivity index (χ0v) is 9.37. The molecule has 2 rings (SSSR count). The quantitative estimate of drug-likeness (QED) is 0.807. The summed E-state index contributed by atoms with van der Waals surface area (Å²) < 4.78 is 0. The van der Waals surface area contributed by atoms with E-state index in [0.717, 1.165) is 12.1 Å². The second-order valence-corrected chi connectivity index (χ2v) is 4.54. The Bertz CT molecular complexity index is 312. The molecular weight excluding hydrogens is 186 g/mol. The molecule has 82 valence electrons. The molecule has 0 unspecified atom stereocenters. The van der Waals surface area contributed by atoms with Crippen molar-refractivity contribution in [2.24, 2.45) is 0 Å². The first-order chi connectivity index (χ1) is 7.27. The molecule has 0 atom stereocenters. The van der Waals surface area contributed by atoms with E-state index in [1.54, 1.807) is 0 Å². The Morgan fingerprint density at radius 1 is 1.20 bits per heavy atom. The highest BCUT2D eigenvalue weighted by atomic mass is 15.1. The highest BCUT2D eigenvalue weighted by Gasteiger charge is 2.33. The van der Waals surface area contributed by atoms with E-state index in [-0.39, 0.29) is 5.41 Å². The van der Waals surface area contributed by atoms with E-state index in [1.165, 1.54) is 32.1 Å². The molecule has 1 aromatic rings. The predicted molar refractivity (Wildman–Crippen MR) is 61.5 cm³/mol. The summed E-state index contributed by atoms with van der Waals surface area (Å²) in [5.74, 6) is 0.515. The van der Waals surface area contributed by atoms with Crippen molar-refractivity contribution in [2.45, 2.75) is 50.9 Å². The zero-order valence-electron chi connectivity index (χ0n) is 9.37. The van der Waals surface area contributed by atoms with E-state index in [0.29, 0.717) is 5.82 Å². The Hall–Kier alpha value is -1.12. The molecule has 2 N–H and O–H groups in total. The Morgan fingerprint density at radius 3 is 2.47 bits per heavy atom. The molecule has 1 saturated carbocycles. The lowest BCUT2D eigenvalue weighted by molar-refractivity contribution is 0.274. The molecule has 3 heteroatoms. The zero-order chi connectivity index (χ0) is 10.7. The largest absolute Gasteiger partial charge is 0.382 e. The van der Waals surface area contributed by atoms with Crippen LogP contribution in [0.2, 0.25) is 0 Å². The Kier molecular flexibility index (Phi) is 2.89. The van der Waals surface area contributed by atoms with Crippen LogP contribution >= 0.6 is 0 Å². The predicted octanol–water partition coefficient (Wildman–Crippen LogP) is 2.67. The van der Waals surface area contributed by atoms with Crippen molar-refractivity contribution in [1.82, 2.24) is 10.2 Å². The Labute approximate surface area is 91.1 Å². The van der Waals surface area contributed by atoms with E-state index < -0.39 is 0 Å². The van der Waals surface area contributed by atoms with Crippen LogP contribution in [0.5, 0.6) is 0 Å². The summed E-state index contributed by atoms with van der Waals surface area (Å²) in [4.78, 5) is 0. The van der Waals surface area contributed by atoms with Crippen LogP contribution in [-0.4, -0.2) is 10.2 Å².